The average molecular weight is 406 g/mol. The Balaban J connectivity index is 1.32. The SMILES string of the molecule is CC(NC(=O)CNC(=O)c1ccccc1OC(F)F)C12CC3CC(CC(C3)C1)C2. The van der Waals surface area contributed by atoms with E-state index < -0.39 is 12.5 Å². The van der Waals surface area contributed by atoms with Gasteiger partial charge in [0.1, 0.15) is 5.75 Å². The van der Waals surface area contributed by atoms with Crippen molar-refractivity contribution in [2.24, 2.45) is 23.2 Å². The van der Waals surface area contributed by atoms with Crippen LogP contribution in [0.1, 0.15) is 55.8 Å². The minimum absolute atomic E-state index is 0.0188. The van der Waals surface area contributed by atoms with Crippen LogP contribution in [0.2, 0.25) is 0 Å². The number of rotatable bonds is 7. The molecule has 1 aromatic carbocycles. The van der Waals surface area contributed by atoms with Crippen molar-refractivity contribution in [2.45, 2.75) is 58.1 Å². The van der Waals surface area contributed by atoms with Crippen molar-refractivity contribution in [1.29, 1.82) is 0 Å². The fourth-order valence-corrected chi connectivity index (χ4v) is 6.26. The van der Waals surface area contributed by atoms with Gasteiger partial charge >= 0.3 is 6.61 Å². The Labute approximate surface area is 169 Å². The van der Waals surface area contributed by atoms with Crippen LogP contribution in [0.25, 0.3) is 0 Å². The van der Waals surface area contributed by atoms with E-state index in [1.54, 1.807) is 6.07 Å². The zero-order chi connectivity index (χ0) is 20.6. The number of alkyl halides is 2. The van der Waals surface area contributed by atoms with E-state index in [4.69, 9.17) is 0 Å². The Morgan fingerprint density at radius 1 is 1.10 bits per heavy atom. The molecule has 4 fully saturated rings. The molecule has 0 radical (unpaired) electrons. The lowest BCUT2D eigenvalue weighted by Crippen LogP contribution is -2.56. The summed E-state index contributed by atoms with van der Waals surface area (Å²) in [6.07, 6.45) is 7.59. The standard InChI is InChI=1S/C22H28F2N2O3/c1-13(22-9-14-6-15(10-22)8-16(7-14)11-22)26-19(27)12-25-20(28)17-4-2-3-5-18(17)29-21(23)24/h2-5,13-16,21H,6-12H2,1H3,(H,25,28)(H,26,27). The second kappa shape index (κ2) is 7.92. The first-order chi connectivity index (χ1) is 13.8. The first kappa shape index (κ1) is 20.1. The third-order valence-electron chi connectivity index (χ3n) is 7.14. The summed E-state index contributed by atoms with van der Waals surface area (Å²) in [6, 6.07) is 5.82. The van der Waals surface area contributed by atoms with Crippen molar-refractivity contribution in [1.82, 2.24) is 10.6 Å². The van der Waals surface area contributed by atoms with Gasteiger partial charge in [-0.1, -0.05) is 12.1 Å². The number of halogens is 2. The zero-order valence-electron chi connectivity index (χ0n) is 16.6. The third-order valence-corrected chi connectivity index (χ3v) is 7.14. The number of hydrogen-bond donors (Lipinski definition) is 2. The van der Waals surface area contributed by atoms with Gasteiger partial charge in [-0.15, -0.1) is 0 Å². The predicted molar refractivity (Wildman–Crippen MR) is 104 cm³/mol. The number of amides is 2. The highest BCUT2D eigenvalue weighted by atomic mass is 19.3. The highest BCUT2D eigenvalue weighted by molar-refractivity contribution is 5.98. The Kier molecular flexibility index (Phi) is 5.49. The molecule has 0 aliphatic heterocycles. The molecule has 7 heteroatoms. The highest BCUT2D eigenvalue weighted by Crippen LogP contribution is 2.61. The van der Waals surface area contributed by atoms with Crippen LogP contribution < -0.4 is 15.4 Å². The predicted octanol–water partition coefficient (Wildman–Crippen LogP) is 3.74. The Bertz CT molecular complexity index is 748. The van der Waals surface area contributed by atoms with Crippen LogP contribution in [-0.4, -0.2) is 31.0 Å². The van der Waals surface area contributed by atoms with Crippen molar-refractivity contribution in [3.63, 3.8) is 0 Å². The fraction of sp³-hybridized carbons (Fsp3) is 0.636. The summed E-state index contributed by atoms with van der Waals surface area (Å²) in [5.74, 6) is 1.32. The molecule has 5 nitrogen and oxygen atoms in total. The smallest absolute Gasteiger partial charge is 0.387 e. The van der Waals surface area contributed by atoms with Gasteiger partial charge < -0.3 is 15.4 Å². The van der Waals surface area contributed by atoms with E-state index >= 15 is 0 Å². The number of carbonyl (C=O) groups is 2. The van der Waals surface area contributed by atoms with Crippen molar-refractivity contribution in [2.75, 3.05) is 6.54 Å². The van der Waals surface area contributed by atoms with Crippen LogP contribution in [0.15, 0.2) is 24.3 Å². The maximum Gasteiger partial charge on any atom is 0.387 e. The normalized spacial score (nSPS) is 30.8. The first-order valence-corrected chi connectivity index (χ1v) is 10.5. The molecule has 5 rings (SSSR count). The average Bonchev–Trinajstić information content (AvgIpc) is 2.65. The summed E-state index contributed by atoms with van der Waals surface area (Å²) < 4.78 is 29.4. The lowest BCUT2D eigenvalue weighted by atomic mass is 9.48. The second-order valence-electron chi connectivity index (χ2n) is 9.13. The molecule has 2 N–H and O–H groups in total. The molecule has 2 amide bonds. The summed E-state index contributed by atoms with van der Waals surface area (Å²) in [7, 11) is 0. The van der Waals surface area contributed by atoms with E-state index in [1.165, 1.54) is 56.7 Å². The molecule has 29 heavy (non-hydrogen) atoms. The van der Waals surface area contributed by atoms with Gasteiger partial charge in [-0.2, -0.15) is 8.78 Å². The van der Waals surface area contributed by atoms with Crippen LogP contribution in [0, 0.1) is 23.2 Å². The van der Waals surface area contributed by atoms with E-state index in [9.17, 15) is 18.4 Å². The molecule has 1 unspecified atom stereocenters. The minimum atomic E-state index is -3.02. The molecule has 4 bridgehead atoms. The number of ether oxygens (including phenoxy) is 1. The maximum atomic E-state index is 12.5. The molecule has 4 saturated carbocycles. The molecule has 0 aromatic heterocycles. The summed E-state index contributed by atoms with van der Waals surface area (Å²) in [5.41, 5.74) is 0.168. The van der Waals surface area contributed by atoms with Crippen molar-refractivity contribution in [3.05, 3.63) is 29.8 Å². The molecular formula is C22H28F2N2O3. The van der Waals surface area contributed by atoms with Crippen LogP contribution in [-0.2, 0) is 4.79 Å². The summed E-state index contributed by atoms with van der Waals surface area (Å²) >= 11 is 0. The monoisotopic (exact) mass is 406 g/mol. The van der Waals surface area contributed by atoms with Gasteiger partial charge in [-0.25, -0.2) is 0 Å². The van der Waals surface area contributed by atoms with Crippen LogP contribution in [0.4, 0.5) is 8.78 Å². The molecule has 1 aromatic rings. The van der Waals surface area contributed by atoms with Crippen molar-refractivity contribution < 1.29 is 23.1 Å². The van der Waals surface area contributed by atoms with Gasteiger partial charge in [0.2, 0.25) is 5.91 Å². The van der Waals surface area contributed by atoms with Gasteiger partial charge in [0.25, 0.3) is 5.91 Å². The van der Waals surface area contributed by atoms with E-state index in [0.29, 0.717) is 0 Å². The number of nitrogens with one attached hydrogen (secondary N) is 2. The lowest BCUT2D eigenvalue weighted by molar-refractivity contribution is -0.124. The minimum Gasteiger partial charge on any atom is -0.434 e. The molecule has 4 aliphatic rings. The van der Waals surface area contributed by atoms with Crippen LogP contribution >= 0.6 is 0 Å². The lowest BCUT2D eigenvalue weighted by Gasteiger charge is -2.59. The molecule has 4 aliphatic carbocycles. The second-order valence-corrected chi connectivity index (χ2v) is 9.13. The Hall–Kier alpha value is -2.18. The highest BCUT2D eigenvalue weighted by Gasteiger charge is 2.53. The quantitative estimate of drug-likeness (QED) is 0.725. The van der Waals surface area contributed by atoms with E-state index in [2.05, 4.69) is 22.3 Å². The molecular weight excluding hydrogens is 378 g/mol. The van der Waals surface area contributed by atoms with Crippen molar-refractivity contribution in [3.8, 4) is 5.75 Å². The van der Waals surface area contributed by atoms with Gasteiger partial charge in [-0.05, 0) is 80.8 Å². The fourth-order valence-electron chi connectivity index (χ4n) is 6.26. The van der Waals surface area contributed by atoms with E-state index in [1.807, 2.05) is 0 Å². The molecule has 158 valence electrons. The zero-order valence-corrected chi connectivity index (χ0v) is 16.6. The molecule has 1 atom stereocenters. The number of benzene rings is 1. The Morgan fingerprint density at radius 3 is 2.28 bits per heavy atom. The molecule has 0 heterocycles. The largest absolute Gasteiger partial charge is 0.434 e. The summed E-state index contributed by atoms with van der Waals surface area (Å²) in [6.45, 7) is -1.13. The Morgan fingerprint density at radius 2 is 1.69 bits per heavy atom. The maximum absolute atomic E-state index is 12.5. The van der Waals surface area contributed by atoms with E-state index in [-0.39, 0.29) is 35.2 Å². The number of para-hydroxylation sites is 1. The third kappa shape index (κ3) is 4.23. The molecule has 0 spiro atoms. The van der Waals surface area contributed by atoms with Gasteiger partial charge in [0.15, 0.2) is 0 Å². The molecule has 0 saturated heterocycles. The van der Waals surface area contributed by atoms with Gasteiger partial charge in [0, 0.05) is 6.04 Å². The van der Waals surface area contributed by atoms with E-state index in [0.717, 1.165) is 17.8 Å². The summed E-state index contributed by atoms with van der Waals surface area (Å²) in [5, 5.41) is 5.60. The van der Waals surface area contributed by atoms with Crippen LogP contribution in [0.3, 0.4) is 0 Å². The number of hydrogen-bond acceptors (Lipinski definition) is 3. The first-order valence-electron chi connectivity index (χ1n) is 10.5. The van der Waals surface area contributed by atoms with Gasteiger partial charge in [0.05, 0.1) is 12.1 Å². The van der Waals surface area contributed by atoms with Gasteiger partial charge in [-0.3, -0.25) is 9.59 Å². The van der Waals surface area contributed by atoms with Crippen LogP contribution in [0.5, 0.6) is 5.75 Å². The summed E-state index contributed by atoms with van der Waals surface area (Å²) in [4.78, 5) is 24.8. The van der Waals surface area contributed by atoms with Crippen molar-refractivity contribution >= 4 is 11.8 Å². The topological polar surface area (TPSA) is 67.4 Å². The number of carbonyl (C=O) groups excluding carboxylic acids is 2.